The number of fused-ring (bicyclic) bond motifs is 3. The standard InChI is InChI=1S/C20H29NO3/c1-5-13(2)8-15-12-21-7-6-14-9-19(23-3)20(24-4)10-16(14)17(21)11-18(15)22/h9-10,13,15,17H,5-8,11-12H2,1-4H3. The Bertz CT molecular complexity index is 613. The summed E-state index contributed by atoms with van der Waals surface area (Å²) in [5, 5.41) is 0. The topological polar surface area (TPSA) is 38.8 Å². The fourth-order valence-corrected chi connectivity index (χ4v) is 4.14. The van der Waals surface area contributed by atoms with E-state index in [1.54, 1.807) is 14.2 Å². The van der Waals surface area contributed by atoms with E-state index in [2.05, 4.69) is 30.9 Å². The van der Waals surface area contributed by atoms with Crippen molar-refractivity contribution < 1.29 is 14.3 Å². The summed E-state index contributed by atoms with van der Waals surface area (Å²) >= 11 is 0. The number of piperidine rings is 1. The van der Waals surface area contributed by atoms with Crippen LogP contribution in [0.2, 0.25) is 0 Å². The summed E-state index contributed by atoms with van der Waals surface area (Å²) in [6, 6.07) is 4.36. The molecule has 0 bridgehead atoms. The predicted octanol–water partition coefficient (Wildman–Crippen LogP) is 3.63. The van der Waals surface area contributed by atoms with Crippen LogP contribution in [0.4, 0.5) is 0 Å². The van der Waals surface area contributed by atoms with Crippen LogP contribution in [0.5, 0.6) is 11.5 Å². The molecule has 0 spiro atoms. The maximum Gasteiger partial charge on any atom is 0.161 e. The highest BCUT2D eigenvalue weighted by molar-refractivity contribution is 5.83. The summed E-state index contributed by atoms with van der Waals surface area (Å²) < 4.78 is 10.9. The van der Waals surface area contributed by atoms with Crippen LogP contribution >= 0.6 is 0 Å². The van der Waals surface area contributed by atoms with Gasteiger partial charge in [0.15, 0.2) is 11.5 Å². The average Bonchev–Trinajstić information content (AvgIpc) is 2.60. The number of methoxy groups -OCH3 is 2. The minimum atomic E-state index is 0.203. The molecule has 3 rings (SSSR count). The fraction of sp³-hybridized carbons (Fsp3) is 0.650. The molecule has 3 atom stereocenters. The van der Waals surface area contributed by atoms with Crippen LogP contribution in [0, 0.1) is 11.8 Å². The van der Waals surface area contributed by atoms with Crippen molar-refractivity contribution in [1.29, 1.82) is 0 Å². The number of carbonyl (C=O) groups excluding carboxylic acids is 1. The van der Waals surface area contributed by atoms with Crippen LogP contribution in [0.25, 0.3) is 0 Å². The maximum absolute atomic E-state index is 12.7. The molecule has 1 fully saturated rings. The number of hydrogen-bond acceptors (Lipinski definition) is 4. The molecule has 2 aliphatic rings. The molecular weight excluding hydrogens is 302 g/mol. The molecule has 0 amide bonds. The highest BCUT2D eigenvalue weighted by Crippen LogP contribution is 2.42. The number of nitrogens with zero attached hydrogens (tertiary/aromatic N) is 1. The van der Waals surface area contributed by atoms with E-state index in [-0.39, 0.29) is 12.0 Å². The zero-order valence-corrected chi connectivity index (χ0v) is 15.3. The van der Waals surface area contributed by atoms with Crippen molar-refractivity contribution in [1.82, 2.24) is 4.90 Å². The number of hydrogen-bond donors (Lipinski definition) is 0. The Kier molecular flexibility index (Phi) is 5.14. The first-order chi connectivity index (χ1) is 11.6. The molecule has 0 saturated carbocycles. The van der Waals surface area contributed by atoms with Gasteiger partial charge in [0.1, 0.15) is 5.78 Å². The van der Waals surface area contributed by atoms with Gasteiger partial charge in [0.05, 0.1) is 14.2 Å². The first kappa shape index (κ1) is 17.3. The number of benzene rings is 1. The molecule has 0 aromatic heterocycles. The van der Waals surface area contributed by atoms with Crippen molar-refractivity contribution in [3.63, 3.8) is 0 Å². The van der Waals surface area contributed by atoms with Gasteiger partial charge in [-0.2, -0.15) is 0 Å². The molecule has 3 unspecified atom stereocenters. The van der Waals surface area contributed by atoms with Crippen LogP contribution in [-0.2, 0) is 11.2 Å². The predicted molar refractivity (Wildman–Crippen MR) is 94.8 cm³/mol. The van der Waals surface area contributed by atoms with Gasteiger partial charge >= 0.3 is 0 Å². The third-order valence-electron chi connectivity index (χ3n) is 5.80. The molecule has 4 nitrogen and oxygen atoms in total. The molecular formula is C20H29NO3. The monoisotopic (exact) mass is 331 g/mol. The lowest BCUT2D eigenvalue weighted by molar-refractivity contribution is -0.129. The molecule has 2 aliphatic heterocycles. The molecule has 1 aromatic rings. The first-order valence-electron chi connectivity index (χ1n) is 9.08. The van der Waals surface area contributed by atoms with E-state index in [4.69, 9.17) is 9.47 Å². The second-order valence-corrected chi connectivity index (χ2v) is 7.28. The summed E-state index contributed by atoms with van der Waals surface area (Å²) in [5.41, 5.74) is 2.54. The SMILES string of the molecule is CCC(C)CC1CN2CCc3cc(OC)c(OC)cc3C2CC1=O. The Labute approximate surface area is 145 Å². The summed E-state index contributed by atoms with van der Waals surface area (Å²) in [6.07, 6.45) is 3.81. The summed E-state index contributed by atoms with van der Waals surface area (Å²) in [4.78, 5) is 15.2. The molecule has 2 heterocycles. The normalized spacial score (nSPS) is 24.9. The second-order valence-electron chi connectivity index (χ2n) is 7.28. The van der Waals surface area contributed by atoms with Crippen LogP contribution in [0.1, 0.15) is 50.3 Å². The van der Waals surface area contributed by atoms with Gasteiger partial charge < -0.3 is 9.47 Å². The van der Waals surface area contributed by atoms with E-state index in [1.165, 1.54) is 11.1 Å². The molecule has 1 saturated heterocycles. The van der Waals surface area contributed by atoms with E-state index in [0.29, 0.717) is 18.1 Å². The molecule has 24 heavy (non-hydrogen) atoms. The summed E-state index contributed by atoms with van der Waals surface area (Å²) in [5.74, 6) is 2.79. The average molecular weight is 331 g/mol. The van der Waals surface area contributed by atoms with Gasteiger partial charge in [-0.15, -0.1) is 0 Å². The van der Waals surface area contributed by atoms with Crippen molar-refractivity contribution in [3.8, 4) is 11.5 Å². The highest BCUT2D eigenvalue weighted by Gasteiger charge is 2.38. The van der Waals surface area contributed by atoms with Crippen LogP contribution < -0.4 is 9.47 Å². The number of ether oxygens (including phenoxy) is 2. The summed E-state index contributed by atoms with van der Waals surface area (Å²) in [6.45, 7) is 6.39. The van der Waals surface area contributed by atoms with Crippen molar-refractivity contribution in [2.24, 2.45) is 11.8 Å². The van der Waals surface area contributed by atoms with Crippen LogP contribution in [0.15, 0.2) is 12.1 Å². The van der Waals surface area contributed by atoms with E-state index in [9.17, 15) is 4.79 Å². The van der Waals surface area contributed by atoms with E-state index in [1.807, 2.05) is 0 Å². The minimum Gasteiger partial charge on any atom is -0.493 e. The quantitative estimate of drug-likeness (QED) is 0.826. The fourth-order valence-electron chi connectivity index (χ4n) is 4.14. The van der Waals surface area contributed by atoms with Crippen molar-refractivity contribution in [3.05, 3.63) is 23.3 Å². The van der Waals surface area contributed by atoms with Gasteiger partial charge in [0.25, 0.3) is 0 Å². The van der Waals surface area contributed by atoms with Crippen molar-refractivity contribution in [2.75, 3.05) is 27.3 Å². The minimum absolute atomic E-state index is 0.203. The van der Waals surface area contributed by atoms with Gasteiger partial charge in [-0.25, -0.2) is 0 Å². The van der Waals surface area contributed by atoms with Crippen molar-refractivity contribution >= 4 is 5.78 Å². The Balaban J connectivity index is 1.84. The van der Waals surface area contributed by atoms with Gasteiger partial charge in [-0.1, -0.05) is 20.3 Å². The number of carbonyl (C=O) groups is 1. The molecule has 132 valence electrons. The number of Topliss-reactive ketones (excluding diaryl/α,β-unsaturated/α-hetero) is 1. The number of ketones is 1. The Morgan fingerprint density at radius 3 is 2.62 bits per heavy atom. The van der Waals surface area contributed by atoms with Crippen molar-refractivity contribution in [2.45, 2.75) is 45.6 Å². The third-order valence-corrected chi connectivity index (χ3v) is 5.80. The van der Waals surface area contributed by atoms with Gasteiger partial charge in [0.2, 0.25) is 0 Å². The Hall–Kier alpha value is -1.55. The zero-order valence-electron chi connectivity index (χ0n) is 15.3. The molecule has 1 aromatic carbocycles. The first-order valence-corrected chi connectivity index (χ1v) is 9.08. The lowest BCUT2D eigenvalue weighted by Gasteiger charge is -2.43. The van der Waals surface area contributed by atoms with E-state index >= 15 is 0 Å². The molecule has 4 heteroatoms. The smallest absolute Gasteiger partial charge is 0.161 e. The van der Waals surface area contributed by atoms with Crippen LogP contribution in [-0.4, -0.2) is 38.0 Å². The Morgan fingerprint density at radius 2 is 1.96 bits per heavy atom. The second kappa shape index (κ2) is 7.14. The lowest BCUT2D eigenvalue weighted by atomic mass is 9.79. The lowest BCUT2D eigenvalue weighted by Crippen LogP contribution is -2.46. The zero-order chi connectivity index (χ0) is 17.3. The van der Waals surface area contributed by atoms with Crippen LogP contribution in [0.3, 0.4) is 0 Å². The Morgan fingerprint density at radius 1 is 1.25 bits per heavy atom. The molecule has 0 N–H and O–H groups in total. The maximum atomic E-state index is 12.7. The molecule has 0 aliphatic carbocycles. The highest BCUT2D eigenvalue weighted by atomic mass is 16.5. The van der Waals surface area contributed by atoms with E-state index < -0.39 is 0 Å². The summed E-state index contributed by atoms with van der Waals surface area (Å²) in [7, 11) is 3.34. The number of rotatable bonds is 5. The van der Waals surface area contributed by atoms with Gasteiger partial charge in [-0.3, -0.25) is 9.69 Å². The van der Waals surface area contributed by atoms with Gasteiger partial charge in [-0.05, 0) is 42.0 Å². The third kappa shape index (κ3) is 3.16. The molecule has 0 radical (unpaired) electrons. The van der Waals surface area contributed by atoms with Gasteiger partial charge in [0, 0.05) is 31.5 Å². The largest absolute Gasteiger partial charge is 0.493 e. The van der Waals surface area contributed by atoms with E-state index in [0.717, 1.165) is 43.9 Å².